The van der Waals surface area contributed by atoms with Crippen molar-refractivity contribution < 1.29 is 29.5 Å². The number of benzene rings is 3. The van der Waals surface area contributed by atoms with Gasteiger partial charge in [0.25, 0.3) is 17.4 Å². The first-order valence-electron chi connectivity index (χ1n) is 11.7. The number of nitro benzene ring substituents is 1. The Kier molecular flexibility index (Phi) is 6.97. The SMILES string of the molecule is CCOc1cc(C2/C(=C(\O)c3cccc([N+](=O)[O-])c3)C(=O)C(=O)N2Cc2cc(C)ccc2C)ccc1O. The number of Topliss-reactive ketones (excluding diaryl/α,β-unsaturated/α-hetero) is 1. The molecule has 1 heterocycles. The summed E-state index contributed by atoms with van der Waals surface area (Å²) >= 11 is 0. The number of aliphatic hydroxyl groups is 1. The van der Waals surface area contributed by atoms with Crippen LogP contribution < -0.4 is 4.74 Å². The van der Waals surface area contributed by atoms with Gasteiger partial charge in [-0.25, -0.2) is 0 Å². The van der Waals surface area contributed by atoms with Crippen molar-refractivity contribution in [1.82, 2.24) is 4.90 Å². The first-order chi connectivity index (χ1) is 17.6. The van der Waals surface area contributed by atoms with E-state index in [0.717, 1.165) is 22.8 Å². The maximum atomic E-state index is 13.3. The van der Waals surface area contributed by atoms with Crippen LogP contribution in [0.15, 0.2) is 66.2 Å². The second-order valence-electron chi connectivity index (χ2n) is 8.82. The molecule has 0 spiro atoms. The maximum absolute atomic E-state index is 13.3. The van der Waals surface area contributed by atoms with Crippen molar-refractivity contribution in [1.29, 1.82) is 0 Å². The van der Waals surface area contributed by atoms with E-state index in [1.807, 2.05) is 32.0 Å². The van der Waals surface area contributed by atoms with Crippen molar-refractivity contribution in [3.8, 4) is 11.5 Å². The van der Waals surface area contributed by atoms with Gasteiger partial charge in [-0.3, -0.25) is 19.7 Å². The minimum absolute atomic E-state index is 0.0350. The Morgan fingerprint density at radius 3 is 2.54 bits per heavy atom. The van der Waals surface area contributed by atoms with E-state index in [9.17, 15) is 29.9 Å². The summed E-state index contributed by atoms with van der Waals surface area (Å²) in [7, 11) is 0. The van der Waals surface area contributed by atoms with E-state index in [4.69, 9.17) is 4.74 Å². The Morgan fingerprint density at radius 1 is 1.08 bits per heavy atom. The molecule has 1 aliphatic rings. The molecular formula is C28H26N2O7. The highest BCUT2D eigenvalue weighted by atomic mass is 16.6. The summed E-state index contributed by atoms with van der Waals surface area (Å²) < 4.78 is 5.51. The van der Waals surface area contributed by atoms with Crippen LogP contribution in [0.2, 0.25) is 0 Å². The molecule has 9 heteroatoms. The van der Waals surface area contributed by atoms with Crippen molar-refractivity contribution in [3.63, 3.8) is 0 Å². The molecule has 9 nitrogen and oxygen atoms in total. The molecule has 37 heavy (non-hydrogen) atoms. The molecule has 4 rings (SSSR count). The van der Waals surface area contributed by atoms with Gasteiger partial charge in [-0.05, 0) is 49.6 Å². The summed E-state index contributed by atoms with van der Waals surface area (Å²) in [5.41, 5.74) is 2.72. The number of phenolic OH excluding ortho intramolecular Hbond substituents is 1. The zero-order valence-corrected chi connectivity index (χ0v) is 20.6. The van der Waals surface area contributed by atoms with E-state index in [0.29, 0.717) is 5.56 Å². The van der Waals surface area contributed by atoms with Gasteiger partial charge < -0.3 is 19.8 Å². The van der Waals surface area contributed by atoms with Crippen LogP contribution in [-0.4, -0.2) is 38.3 Å². The van der Waals surface area contributed by atoms with Crippen LogP contribution in [0.25, 0.3) is 5.76 Å². The molecule has 2 N–H and O–H groups in total. The molecule has 1 saturated heterocycles. The van der Waals surface area contributed by atoms with Crippen molar-refractivity contribution in [2.75, 3.05) is 6.61 Å². The fraction of sp³-hybridized carbons (Fsp3) is 0.214. The fourth-order valence-electron chi connectivity index (χ4n) is 4.44. The van der Waals surface area contributed by atoms with Gasteiger partial charge in [0.2, 0.25) is 0 Å². The second kappa shape index (κ2) is 10.1. The van der Waals surface area contributed by atoms with Crippen LogP contribution >= 0.6 is 0 Å². The fourth-order valence-corrected chi connectivity index (χ4v) is 4.44. The standard InChI is InChI=1S/C28H26N2O7/c1-4-37-23-14-18(10-11-22(23)31)25-24(26(32)19-6-5-7-21(13-19)30(35)36)27(33)28(34)29(25)15-20-12-16(2)8-9-17(20)3/h5-14,25,31-32H,4,15H2,1-3H3/b26-24+. The lowest BCUT2D eigenvalue weighted by molar-refractivity contribution is -0.384. The molecule has 3 aromatic carbocycles. The topological polar surface area (TPSA) is 130 Å². The maximum Gasteiger partial charge on any atom is 0.295 e. The zero-order valence-electron chi connectivity index (χ0n) is 20.6. The number of aryl methyl sites for hydroxylation is 2. The van der Waals surface area contributed by atoms with Gasteiger partial charge in [-0.15, -0.1) is 0 Å². The van der Waals surface area contributed by atoms with E-state index in [1.54, 1.807) is 13.0 Å². The summed E-state index contributed by atoms with van der Waals surface area (Å²) in [5, 5.41) is 32.7. The number of likely N-dealkylation sites (tertiary alicyclic amines) is 1. The summed E-state index contributed by atoms with van der Waals surface area (Å²) in [6, 6.07) is 14.5. The van der Waals surface area contributed by atoms with Crippen molar-refractivity contribution >= 4 is 23.1 Å². The molecule has 0 radical (unpaired) electrons. The zero-order chi connectivity index (χ0) is 26.9. The number of carbonyl (C=O) groups excluding carboxylic acids is 2. The predicted octanol–water partition coefficient (Wildman–Crippen LogP) is 4.94. The molecule has 1 fully saturated rings. The van der Waals surface area contributed by atoms with E-state index < -0.39 is 28.4 Å². The first kappa shape index (κ1) is 25.4. The summed E-state index contributed by atoms with van der Waals surface area (Å²) in [4.78, 5) is 38.7. The number of aliphatic hydroxyl groups excluding tert-OH is 1. The average molecular weight is 503 g/mol. The number of hydrogen-bond donors (Lipinski definition) is 2. The first-order valence-corrected chi connectivity index (χ1v) is 11.7. The Morgan fingerprint density at radius 2 is 1.84 bits per heavy atom. The number of amides is 1. The number of carbonyl (C=O) groups is 2. The molecular weight excluding hydrogens is 476 g/mol. The van der Waals surface area contributed by atoms with Gasteiger partial charge in [-0.1, -0.05) is 42.0 Å². The highest BCUT2D eigenvalue weighted by Crippen LogP contribution is 2.43. The number of hydrogen-bond acceptors (Lipinski definition) is 7. The number of rotatable bonds is 7. The van der Waals surface area contributed by atoms with Gasteiger partial charge >= 0.3 is 0 Å². The Bertz CT molecular complexity index is 1440. The highest BCUT2D eigenvalue weighted by molar-refractivity contribution is 6.46. The lowest BCUT2D eigenvalue weighted by Crippen LogP contribution is -2.29. The van der Waals surface area contributed by atoms with Crippen molar-refractivity contribution in [2.24, 2.45) is 0 Å². The Balaban J connectivity index is 1.92. The Hall–Kier alpha value is -4.66. The lowest BCUT2D eigenvalue weighted by Gasteiger charge is -2.26. The van der Waals surface area contributed by atoms with Gasteiger partial charge in [0, 0.05) is 24.2 Å². The van der Waals surface area contributed by atoms with Crippen LogP contribution in [0.4, 0.5) is 5.69 Å². The number of nitro groups is 1. The van der Waals surface area contributed by atoms with Gasteiger partial charge in [0.1, 0.15) is 5.76 Å². The normalized spacial score (nSPS) is 16.7. The minimum atomic E-state index is -1.03. The third-order valence-electron chi connectivity index (χ3n) is 6.32. The van der Waals surface area contributed by atoms with E-state index >= 15 is 0 Å². The predicted molar refractivity (Wildman–Crippen MR) is 136 cm³/mol. The molecule has 1 unspecified atom stereocenters. The smallest absolute Gasteiger partial charge is 0.295 e. The quantitative estimate of drug-likeness (QED) is 0.154. The molecule has 0 aromatic heterocycles. The number of phenols is 1. The highest BCUT2D eigenvalue weighted by Gasteiger charge is 2.46. The molecule has 0 aliphatic carbocycles. The third kappa shape index (κ3) is 4.88. The molecule has 0 saturated carbocycles. The van der Waals surface area contributed by atoms with Crippen LogP contribution in [0.1, 0.15) is 40.8 Å². The molecule has 3 aromatic rings. The number of ketones is 1. The van der Waals surface area contributed by atoms with Crippen molar-refractivity contribution in [2.45, 2.75) is 33.4 Å². The summed E-state index contributed by atoms with van der Waals surface area (Å²) in [6.07, 6.45) is 0. The number of non-ortho nitro benzene ring substituents is 1. The van der Waals surface area contributed by atoms with Gasteiger partial charge in [0.15, 0.2) is 11.5 Å². The molecule has 1 aliphatic heterocycles. The average Bonchev–Trinajstić information content (AvgIpc) is 3.12. The van der Waals surface area contributed by atoms with Gasteiger partial charge in [-0.2, -0.15) is 0 Å². The second-order valence-corrected chi connectivity index (χ2v) is 8.82. The van der Waals surface area contributed by atoms with E-state index in [1.165, 1.54) is 35.2 Å². The van der Waals surface area contributed by atoms with Crippen LogP contribution in [0, 0.1) is 24.0 Å². The van der Waals surface area contributed by atoms with Crippen LogP contribution in [0.3, 0.4) is 0 Å². The summed E-state index contributed by atoms with van der Waals surface area (Å²) in [5.74, 6) is -2.21. The van der Waals surface area contributed by atoms with Gasteiger partial charge in [0.05, 0.1) is 23.1 Å². The van der Waals surface area contributed by atoms with E-state index in [2.05, 4.69) is 0 Å². The number of ether oxygens (including phenoxy) is 1. The molecule has 1 atom stereocenters. The lowest BCUT2D eigenvalue weighted by atomic mass is 9.94. The number of nitrogens with zero attached hydrogens (tertiary/aromatic N) is 2. The Labute approximate surface area is 213 Å². The number of aromatic hydroxyl groups is 1. The minimum Gasteiger partial charge on any atom is -0.507 e. The third-order valence-corrected chi connectivity index (χ3v) is 6.32. The molecule has 190 valence electrons. The largest absolute Gasteiger partial charge is 0.507 e. The van der Waals surface area contributed by atoms with Crippen LogP contribution in [-0.2, 0) is 16.1 Å². The summed E-state index contributed by atoms with van der Waals surface area (Å²) in [6.45, 7) is 5.93. The van der Waals surface area contributed by atoms with Crippen LogP contribution in [0.5, 0.6) is 11.5 Å². The molecule has 1 amide bonds. The van der Waals surface area contributed by atoms with E-state index in [-0.39, 0.29) is 41.5 Å². The monoisotopic (exact) mass is 502 g/mol. The molecule has 0 bridgehead atoms. The van der Waals surface area contributed by atoms with Crippen molar-refractivity contribution in [3.05, 3.63) is 104 Å².